The number of hydrogen-bond acceptors (Lipinski definition) is 4. The van der Waals surface area contributed by atoms with Gasteiger partial charge < -0.3 is 10.1 Å². The number of nitrogens with zero attached hydrogens (tertiary/aromatic N) is 1. The number of nitrogens with one attached hydrogen (secondary N) is 1. The Morgan fingerprint density at radius 1 is 0.912 bits per heavy atom. The summed E-state index contributed by atoms with van der Waals surface area (Å²) in [7, 11) is -3.93. The van der Waals surface area contributed by atoms with Crippen LogP contribution in [0.5, 0.6) is 0 Å². The van der Waals surface area contributed by atoms with Gasteiger partial charge in [-0.25, -0.2) is 8.42 Å². The number of para-hydroxylation sites is 1. The van der Waals surface area contributed by atoms with Gasteiger partial charge in [-0.3, -0.25) is 9.10 Å². The lowest BCUT2D eigenvalue weighted by Crippen LogP contribution is -2.48. The van der Waals surface area contributed by atoms with Gasteiger partial charge in [0.1, 0.15) is 6.54 Å². The third-order valence-corrected chi connectivity index (χ3v) is 8.24. The summed E-state index contributed by atoms with van der Waals surface area (Å²) in [6.07, 6.45) is 1.59. The summed E-state index contributed by atoms with van der Waals surface area (Å²) in [5, 5.41) is 3.03. The monoisotopic (exact) mass is 478 g/mol. The zero-order chi connectivity index (χ0) is 24.0. The maximum Gasteiger partial charge on any atom is 0.264 e. The maximum atomic E-state index is 13.5. The molecule has 1 amide bonds. The second-order valence-corrected chi connectivity index (χ2v) is 10.5. The van der Waals surface area contributed by atoms with E-state index in [9.17, 15) is 13.2 Å². The van der Waals surface area contributed by atoms with Crippen LogP contribution in [-0.2, 0) is 25.0 Å². The van der Waals surface area contributed by atoms with Crippen molar-refractivity contribution in [3.8, 4) is 0 Å². The number of carbonyl (C=O) groups is 1. The Morgan fingerprint density at radius 2 is 1.50 bits per heavy atom. The van der Waals surface area contributed by atoms with Crippen LogP contribution < -0.4 is 9.62 Å². The van der Waals surface area contributed by atoms with Gasteiger partial charge in [-0.15, -0.1) is 0 Å². The van der Waals surface area contributed by atoms with Crippen LogP contribution in [0.4, 0.5) is 5.69 Å². The molecule has 7 heteroatoms. The smallest absolute Gasteiger partial charge is 0.264 e. The number of ether oxygens (including phenoxy) is 1. The van der Waals surface area contributed by atoms with E-state index < -0.39 is 10.0 Å². The average Bonchev–Trinajstić information content (AvgIpc) is 2.88. The van der Waals surface area contributed by atoms with Crippen molar-refractivity contribution < 1.29 is 17.9 Å². The van der Waals surface area contributed by atoms with Crippen molar-refractivity contribution in [3.63, 3.8) is 0 Å². The van der Waals surface area contributed by atoms with Crippen LogP contribution in [0.3, 0.4) is 0 Å². The van der Waals surface area contributed by atoms with Crippen LogP contribution >= 0.6 is 0 Å². The van der Waals surface area contributed by atoms with E-state index >= 15 is 0 Å². The molecule has 178 valence electrons. The van der Waals surface area contributed by atoms with E-state index in [-0.39, 0.29) is 22.8 Å². The summed E-state index contributed by atoms with van der Waals surface area (Å²) in [5.41, 5.74) is 2.19. The van der Waals surface area contributed by atoms with Crippen LogP contribution in [0.15, 0.2) is 89.8 Å². The molecule has 3 aromatic rings. The van der Waals surface area contributed by atoms with Gasteiger partial charge in [0.25, 0.3) is 10.0 Å². The number of carbonyl (C=O) groups excluding carboxylic acids is 1. The highest BCUT2D eigenvalue weighted by atomic mass is 32.2. The summed E-state index contributed by atoms with van der Waals surface area (Å²) < 4.78 is 33.9. The maximum absolute atomic E-state index is 13.5. The third-order valence-electron chi connectivity index (χ3n) is 6.46. The highest BCUT2D eigenvalue weighted by Crippen LogP contribution is 2.34. The van der Waals surface area contributed by atoms with E-state index in [2.05, 4.69) is 17.4 Å². The van der Waals surface area contributed by atoms with Gasteiger partial charge in [-0.1, -0.05) is 66.7 Å². The molecular formula is C27H30N2O4S. The highest BCUT2D eigenvalue weighted by Gasteiger charge is 2.35. The molecule has 0 spiro atoms. The molecular weight excluding hydrogens is 448 g/mol. The Hall–Kier alpha value is -3.16. The van der Waals surface area contributed by atoms with Crippen molar-refractivity contribution in [2.75, 3.05) is 30.6 Å². The van der Waals surface area contributed by atoms with Crippen LogP contribution in [-0.4, -0.2) is 40.6 Å². The van der Waals surface area contributed by atoms with E-state index in [0.717, 1.165) is 24.0 Å². The van der Waals surface area contributed by atoms with Gasteiger partial charge in [-0.2, -0.15) is 0 Å². The SMILES string of the molecule is Cc1ccccc1N(CC(=O)NCC1(c2ccccc2)CCOCC1)S(=O)(=O)c1ccccc1. The average molecular weight is 479 g/mol. The van der Waals surface area contributed by atoms with Crippen LogP contribution in [0.2, 0.25) is 0 Å². The number of hydrogen-bond donors (Lipinski definition) is 1. The van der Waals surface area contributed by atoms with Crippen LogP contribution in [0, 0.1) is 6.92 Å². The minimum Gasteiger partial charge on any atom is -0.381 e. The van der Waals surface area contributed by atoms with Gasteiger partial charge in [0.15, 0.2) is 0 Å². The van der Waals surface area contributed by atoms with Crippen molar-refractivity contribution in [1.29, 1.82) is 0 Å². The standard InChI is InChI=1S/C27H30N2O4S/c1-22-10-8-9-15-25(22)29(34(31,32)24-13-6-3-7-14-24)20-26(30)28-21-27(16-18-33-19-17-27)23-11-4-2-5-12-23/h2-15H,16-21H2,1H3,(H,28,30). The normalized spacial score (nSPS) is 15.4. The fraction of sp³-hybridized carbons (Fsp3) is 0.296. The summed E-state index contributed by atoms with van der Waals surface area (Å²) in [5.74, 6) is -0.343. The Kier molecular flexibility index (Phi) is 7.34. The molecule has 4 rings (SSSR count). The summed E-state index contributed by atoms with van der Waals surface area (Å²) in [6, 6.07) is 25.5. The van der Waals surface area contributed by atoms with E-state index in [1.54, 1.807) is 42.5 Å². The number of benzene rings is 3. The first-order valence-corrected chi connectivity index (χ1v) is 12.9. The van der Waals surface area contributed by atoms with E-state index in [4.69, 9.17) is 4.74 Å². The van der Waals surface area contributed by atoms with Gasteiger partial charge in [0.2, 0.25) is 5.91 Å². The first-order chi connectivity index (χ1) is 16.4. The zero-order valence-corrected chi connectivity index (χ0v) is 20.1. The number of amides is 1. The molecule has 1 N–H and O–H groups in total. The molecule has 3 aromatic carbocycles. The summed E-state index contributed by atoms with van der Waals surface area (Å²) >= 11 is 0. The number of rotatable bonds is 8. The minimum absolute atomic E-state index is 0.149. The van der Waals surface area contributed by atoms with E-state index in [0.29, 0.717) is 25.4 Å². The van der Waals surface area contributed by atoms with Crippen LogP contribution in [0.25, 0.3) is 0 Å². The van der Waals surface area contributed by atoms with Crippen molar-refractivity contribution in [2.24, 2.45) is 0 Å². The Bertz CT molecular complexity index is 1210. The fourth-order valence-electron chi connectivity index (χ4n) is 4.44. The minimum atomic E-state index is -3.93. The lowest BCUT2D eigenvalue weighted by atomic mass is 9.74. The quantitative estimate of drug-likeness (QED) is 0.530. The van der Waals surface area contributed by atoms with E-state index in [1.165, 1.54) is 4.31 Å². The van der Waals surface area contributed by atoms with Gasteiger partial charge in [0.05, 0.1) is 10.6 Å². The number of sulfonamides is 1. The molecule has 6 nitrogen and oxygen atoms in total. The molecule has 1 aliphatic rings. The molecule has 1 saturated heterocycles. The van der Waals surface area contributed by atoms with Crippen molar-refractivity contribution >= 4 is 21.6 Å². The second kappa shape index (κ2) is 10.4. The zero-order valence-electron chi connectivity index (χ0n) is 19.3. The molecule has 0 atom stereocenters. The van der Waals surface area contributed by atoms with Gasteiger partial charge in [-0.05, 0) is 49.1 Å². The number of anilines is 1. The Labute approximate surface area is 201 Å². The Morgan fingerprint density at radius 3 is 2.15 bits per heavy atom. The molecule has 1 aliphatic heterocycles. The topological polar surface area (TPSA) is 75.7 Å². The highest BCUT2D eigenvalue weighted by molar-refractivity contribution is 7.92. The predicted octanol–water partition coefficient (Wildman–Crippen LogP) is 4.05. The molecule has 0 aromatic heterocycles. The van der Waals surface area contributed by atoms with Crippen molar-refractivity contribution in [2.45, 2.75) is 30.1 Å². The lowest BCUT2D eigenvalue weighted by molar-refractivity contribution is -0.120. The largest absolute Gasteiger partial charge is 0.381 e. The molecule has 0 unspecified atom stereocenters. The molecule has 0 aliphatic carbocycles. The molecule has 34 heavy (non-hydrogen) atoms. The fourth-order valence-corrected chi connectivity index (χ4v) is 5.94. The Balaban J connectivity index is 1.58. The van der Waals surface area contributed by atoms with Crippen LogP contribution in [0.1, 0.15) is 24.0 Å². The first-order valence-electron chi connectivity index (χ1n) is 11.5. The molecule has 0 saturated carbocycles. The van der Waals surface area contributed by atoms with Crippen molar-refractivity contribution in [1.82, 2.24) is 5.32 Å². The first kappa shape index (κ1) is 24.0. The van der Waals surface area contributed by atoms with Gasteiger partial charge >= 0.3 is 0 Å². The molecule has 0 bridgehead atoms. The van der Waals surface area contributed by atoms with Gasteiger partial charge in [0, 0.05) is 25.2 Å². The van der Waals surface area contributed by atoms with E-state index in [1.807, 2.05) is 37.3 Å². The molecule has 0 radical (unpaired) electrons. The lowest BCUT2D eigenvalue weighted by Gasteiger charge is -2.38. The second-order valence-electron chi connectivity index (χ2n) is 8.65. The summed E-state index contributed by atoms with van der Waals surface area (Å²) in [6.45, 7) is 3.22. The molecule has 1 fully saturated rings. The predicted molar refractivity (Wildman–Crippen MR) is 133 cm³/mol. The van der Waals surface area contributed by atoms with Crippen molar-refractivity contribution in [3.05, 3.63) is 96.1 Å². The number of aryl methyl sites for hydroxylation is 1. The summed E-state index contributed by atoms with van der Waals surface area (Å²) in [4.78, 5) is 13.3. The third kappa shape index (κ3) is 5.16. The molecule has 1 heterocycles.